The van der Waals surface area contributed by atoms with Gasteiger partial charge in [0.25, 0.3) is 0 Å². The summed E-state index contributed by atoms with van der Waals surface area (Å²) in [7, 11) is 0. The third-order valence-electron chi connectivity index (χ3n) is 2.11. The van der Waals surface area contributed by atoms with E-state index in [0.717, 1.165) is 22.9 Å². The highest BCUT2D eigenvalue weighted by Crippen LogP contribution is 2.28. The Morgan fingerprint density at radius 1 is 1.43 bits per heavy atom. The minimum atomic E-state index is -0.143. The lowest BCUT2D eigenvalue weighted by atomic mass is 10.0. The highest BCUT2D eigenvalue weighted by Gasteiger charge is 2.10. The van der Waals surface area contributed by atoms with Crippen LogP contribution in [-0.4, -0.2) is 11.7 Å². The zero-order valence-corrected chi connectivity index (χ0v) is 9.50. The number of phenols is 1. The van der Waals surface area contributed by atoms with E-state index in [2.05, 4.69) is 15.9 Å². The first-order valence-corrected chi connectivity index (χ1v) is 5.38. The number of halogens is 1. The van der Waals surface area contributed by atoms with Gasteiger partial charge in [0.1, 0.15) is 5.75 Å². The van der Waals surface area contributed by atoms with E-state index >= 15 is 0 Å². The molecule has 0 aromatic heterocycles. The summed E-state index contributed by atoms with van der Waals surface area (Å²) in [6, 6.07) is 5.13. The monoisotopic (exact) mass is 258 g/mol. The molecule has 0 saturated carbocycles. The number of nitrogens with two attached hydrogens (primary N) is 2. The number of rotatable bonds is 4. The molecule has 78 valence electrons. The van der Waals surface area contributed by atoms with Crippen LogP contribution >= 0.6 is 15.9 Å². The zero-order valence-electron chi connectivity index (χ0n) is 7.91. The topological polar surface area (TPSA) is 72.3 Å². The van der Waals surface area contributed by atoms with Gasteiger partial charge in [0.15, 0.2) is 0 Å². The fourth-order valence-electron chi connectivity index (χ4n) is 1.32. The number of hydrogen-bond donors (Lipinski definition) is 3. The molecule has 0 fully saturated rings. The van der Waals surface area contributed by atoms with E-state index < -0.39 is 0 Å². The van der Waals surface area contributed by atoms with Crippen LogP contribution in [0.2, 0.25) is 0 Å². The van der Waals surface area contributed by atoms with Crippen LogP contribution in [0.1, 0.15) is 24.4 Å². The van der Waals surface area contributed by atoms with Crippen molar-refractivity contribution in [3.8, 4) is 5.75 Å². The van der Waals surface area contributed by atoms with Gasteiger partial charge >= 0.3 is 0 Å². The first-order valence-electron chi connectivity index (χ1n) is 4.59. The summed E-state index contributed by atoms with van der Waals surface area (Å²) in [5, 5.41) is 9.57. The quantitative estimate of drug-likeness (QED) is 0.773. The Morgan fingerprint density at radius 2 is 2.14 bits per heavy atom. The lowest BCUT2D eigenvalue weighted by molar-refractivity contribution is 0.457. The van der Waals surface area contributed by atoms with Gasteiger partial charge in [-0.05, 0) is 37.6 Å². The predicted octanol–water partition coefficient (Wildman–Crippen LogP) is 1.89. The smallest absolute Gasteiger partial charge is 0.120 e. The number of benzene rings is 1. The summed E-state index contributed by atoms with van der Waals surface area (Å²) in [4.78, 5) is 0. The van der Waals surface area contributed by atoms with Gasteiger partial charge in [-0.2, -0.15) is 0 Å². The standard InChI is InChI=1S/C10H15BrN2O/c11-7-3-4-10(14)8(6-7)9(13)2-1-5-12/h3-4,6,9,14H,1-2,5,12-13H2/t9-/m1/s1. The van der Waals surface area contributed by atoms with Crippen molar-refractivity contribution in [1.29, 1.82) is 0 Å². The second kappa shape index (κ2) is 5.34. The summed E-state index contributed by atoms with van der Waals surface area (Å²) >= 11 is 3.34. The minimum Gasteiger partial charge on any atom is -0.508 e. The van der Waals surface area contributed by atoms with Crippen molar-refractivity contribution in [3.63, 3.8) is 0 Å². The van der Waals surface area contributed by atoms with Crippen molar-refractivity contribution < 1.29 is 5.11 Å². The Labute approximate surface area is 92.2 Å². The Hall–Kier alpha value is -0.580. The van der Waals surface area contributed by atoms with E-state index in [1.165, 1.54) is 0 Å². The van der Waals surface area contributed by atoms with E-state index in [9.17, 15) is 5.11 Å². The average molecular weight is 259 g/mol. The molecule has 0 amide bonds. The second-order valence-corrected chi connectivity index (χ2v) is 4.16. The van der Waals surface area contributed by atoms with Crippen LogP contribution in [0.25, 0.3) is 0 Å². The maximum Gasteiger partial charge on any atom is 0.120 e. The molecule has 1 aromatic carbocycles. The van der Waals surface area contributed by atoms with Crippen LogP contribution in [0.3, 0.4) is 0 Å². The molecule has 0 bridgehead atoms. The van der Waals surface area contributed by atoms with Crippen molar-refractivity contribution in [2.75, 3.05) is 6.54 Å². The highest BCUT2D eigenvalue weighted by molar-refractivity contribution is 9.10. The molecule has 0 aliphatic heterocycles. The molecule has 5 N–H and O–H groups in total. The molecule has 1 aromatic rings. The molecule has 0 heterocycles. The molecule has 0 radical (unpaired) electrons. The predicted molar refractivity (Wildman–Crippen MR) is 61.0 cm³/mol. The van der Waals surface area contributed by atoms with E-state index in [4.69, 9.17) is 11.5 Å². The van der Waals surface area contributed by atoms with Crippen LogP contribution in [0.5, 0.6) is 5.75 Å². The van der Waals surface area contributed by atoms with Gasteiger partial charge in [-0.3, -0.25) is 0 Å². The fraction of sp³-hybridized carbons (Fsp3) is 0.400. The van der Waals surface area contributed by atoms with Gasteiger partial charge in [-0.1, -0.05) is 15.9 Å². The summed E-state index contributed by atoms with van der Waals surface area (Å²) in [6.45, 7) is 0.627. The van der Waals surface area contributed by atoms with Crippen molar-refractivity contribution >= 4 is 15.9 Å². The Morgan fingerprint density at radius 3 is 2.79 bits per heavy atom. The van der Waals surface area contributed by atoms with Crippen molar-refractivity contribution in [3.05, 3.63) is 28.2 Å². The maximum atomic E-state index is 9.57. The first-order chi connectivity index (χ1) is 6.65. The lowest BCUT2D eigenvalue weighted by Crippen LogP contribution is -2.12. The number of aromatic hydroxyl groups is 1. The third-order valence-corrected chi connectivity index (χ3v) is 2.60. The Bertz CT molecular complexity index is 304. The molecule has 3 nitrogen and oxygen atoms in total. The van der Waals surface area contributed by atoms with E-state index in [0.29, 0.717) is 6.54 Å². The molecule has 1 rings (SSSR count). The van der Waals surface area contributed by atoms with Crippen molar-refractivity contribution in [2.24, 2.45) is 11.5 Å². The van der Waals surface area contributed by atoms with Crippen LogP contribution in [0.4, 0.5) is 0 Å². The zero-order chi connectivity index (χ0) is 10.6. The molecule has 14 heavy (non-hydrogen) atoms. The molecular weight excluding hydrogens is 244 g/mol. The lowest BCUT2D eigenvalue weighted by Gasteiger charge is -2.13. The van der Waals surface area contributed by atoms with Crippen LogP contribution in [-0.2, 0) is 0 Å². The van der Waals surface area contributed by atoms with Crippen molar-refractivity contribution in [1.82, 2.24) is 0 Å². The summed E-state index contributed by atoms with van der Waals surface area (Å²) < 4.78 is 0.925. The number of hydrogen-bond acceptors (Lipinski definition) is 3. The fourth-order valence-corrected chi connectivity index (χ4v) is 1.69. The third kappa shape index (κ3) is 2.97. The average Bonchev–Trinajstić information content (AvgIpc) is 2.18. The normalized spacial score (nSPS) is 12.8. The molecule has 0 aliphatic rings. The molecule has 0 aliphatic carbocycles. The van der Waals surface area contributed by atoms with Gasteiger partial charge in [-0.25, -0.2) is 0 Å². The van der Waals surface area contributed by atoms with E-state index in [1.807, 2.05) is 6.07 Å². The second-order valence-electron chi connectivity index (χ2n) is 3.24. The first kappa shape index (κ1) is 11.5. The van der Waals surface area contributed by atoms with Crippen LogP contribution < -0.4 is 11.5 Å². The molecule has 1 atom stereocenters. The largest absolute Gasteiger partial charge is 0.508 e. The molecule has 0 spiro atoms. The van der Waals surface area contributed by atoms with Gasteiger partial charge in [0.05, 0.1) is 0 Å². The minimum absolute atomic E-state index is 0.143. The summed E-state index contributed by atoms with van der Waals surface area (Å²) in [5.74, 6) is 0.248. The Kier molecular flexibility index (Phi) is 4.38. The van der Waals surface area contributed by atoms with E-state index in [1.54, 1.807) is 12.1 Å². The SMILES string of the molecule is NCCC[C@@H](N)c1cc(Br)ccc1O. The van der Waals surface area contributed by atoms with Gasteiger partial charge in [-0.15, -0.1) is 0 Å². The van der Waals surface area contributed by atoms with Crippen molar-refractivity contribution in [2.45, 2.75) is 18.9 Å². The molecular formula is C10H15BrN2O. The Balaban J connectivity index is 2.77. The summed E-state index contributed by atoms with van der Waals surface area (Å²) in [6.07, 6.45) is 1.66. The van der Waals surface area contributed by atoms with Gasteiger partial charge in [0.2, 0.25) is 0 Å². The highest BCUT2D eigenvalue weighted by atomic mass is 79.9. The van der Waals surface area contributed by atoms with Crippen LogP contribution in [0, 0.1) is 0 Å². The van der Waals surface area contributed by atoms with E-state index in [-0.39, 0.29) is 11.8 Å². The number of phenolic OH excluding ortho intramolecular Hbond substituents is 1. The van der Waals surface area contributed by atoms with Gasteiger partial charge < -0.3 is 16.6 Å². The van der Waals surface area contributed by atoms with Gasteiger partial charge in [0, 0.05) is 16.1 Å². The molecule has 0 unspecified atom stereocenters. The molecule has 0 saturated heterocycles. The van der Waals surface area contributed by atoms with Crippen LogP contribution in [0.15, 0.2) is 22.7 Å². The summed E-state index contributed by atoms with van der Waals surface area (Å²) in [5.41, 5.74) is 12.1. The maximum absolute atomic E-state index is 9.57. The molecule has 4 heteroatoms.